The first-order valence-electron chi connectivity index (χ1n) is 11.7. The summed E-state index contributed by atoms with van der Waals surface area (Å²) in [5.74, 6) is -1.77. The lowest BCUT2D eigenvalue weighted by atomic mass is 9.81. The molecule has 2 saturated heterocycles. The van der Waals surface area contributed by atoms with Gasteiger partial charge in [-0.15, -0.1) is 0 Å². The van der Waals surface area contributed by atoms with Gasteiger partial charge in [0.25, 0.3) is 0 Å². The first-order valence-corrected chi connectivity index (χ1v) is 11.7. The Balaban J connectivity index is 1.78. The van der Waals surface area contributed by atoms with Crippen LogP contribution in [0.25, 0.3) is 6.08 Å². The van der Waals surface area contributed by atoms with E-state index in [1.165, 1.54) is 11.0 Å². The molecule has 36 heavy (non-hydrogen) atoms. The Morgan fingerprint density at radius 2 is 1.64 bits per heavy atom. The van der Waals surface area contributed by atoms with E-state index in [2.05, 4.69) is 0 Å². The highest BCUT2D eigenvalue weighted by Gasteiger charge is 2.50. The second-order valence-corrected chi connectivity index (χ2v) is 10.2. The first kappa shape index (κ1) is 26.4. The van der Waals surface area contributed by atoms with E-state index in [9.17, 15) is 40.7 Å². The van der Waals surface area contributed by atoms with Crippen LogP contribution in [0.1, 0.15) is 68.7 Å². The Bertz CT molecular complexity index is 1150. The summed E-state index contributed by atoms with van der Waals surface area (Å²) in [6.07, 6.45) is -7.00. The van der Waals surface area contributed by atoms with Crippen molar-refractivity contribution >= 4 is 23.5 Å². The number of fused-ring (bicyclic) bond motifs is 5. The van der Waals surface area contributed by atoms with Crippen LogP contribution in [-0.4, -0.2) is 45.9 Å². The highest BCUT2D eigenvalue weighted by atomic mass is 19.4. The molecule has 0 spiro atoms. The lowest BCUT2D eigenvalue weighted by molar-refractivity contribution is -0.150. The van der Waals surface area contributed by atoms with Crippen molar-refractivity contribution in [2.75, 3.05) is 6.54 Å². The molecule has 3 aliphatic rings. The molecule has 11 heteroatoms. The second-order valence-electron chi connectivity index (χ2n) is 10.2. The van der Waals surface area contributed by atoms with Crippen LogP contribution in [0, 0.1) is 5.41 Å². The number of amides is 1. The average molecular weight is 516 g/mol. The summed E-state index contributed by atoms with van der Waals surface area (Å²) in [5, 5.41) is 0. The Kier molecular flexibility index (Phi) is 6.38. The standard InChI is InChI=1S/C25H26F6N2O3/c1-4-23(2,3)21(35)20(34)12-32-17-6-5-7-18(32)22(36)33-11-15-13(9-19(17)33)8-14(24(26,27)28)10-16(15)25(29,30)31/h8-10,17-18H,4-7,11-12H2,1-3H3. The Labute approximate surface area is 204 Å². The van der Waals surface area contributed by atoms with Gasteiger partial charge < -0.3 is 4.90 Å². The first-order chi connectivity index (χ1) is 16.6. The van der Waals surface area contributed by atoms with Gasteiger partial charge in [0, 0.05) is 11.1 Å². The molecule has 4 rings (SSSR count). The van der Waals surface area contributed by atoms with Crippen LogP contribution in [0.2, 0.25) is 0 Å². The summed E-state index contributed by atoms with van der Waals surface area (Å²) in [6.45, 7) is 4.22. The molecule has 2 unspecified atom stereocenters. The zero-order valence-electron chi connectivity index (χ0n) is 20.0. The third-order valence-corrected chi connectivity index (χ3v) is 7.57. The number of alkyl halides is 6. The molecule has 0 aliphatic carbocycles. The van der Waals surface area contributed by atoms with E-state index in [0.29, 0.717) is 31.7 Å². The molecule has 0 radical (unpaired) electrons. The van der Waals surface area contributed by atoms with Gasteiger partial charge in [0.1, 0.15) is 0 Å². The lowest BCUT2D eigenvalue weighted by Crippen LogP contribution is -2.64. The number of hydrogen-bond acceptors (Lipinski definition) is 4. The molecular formula is C25H26F6N2O3. The van der Waals surface area contributed by atoms with E-state index in [1.807, 2.05) is 0 Å². The smallest absolute Gasteiger partial charge is 0.309 e. The quantitative estimate of drug-likeness (QED) is 0.398. The van der Waals surface area contributed by atoms with Gasteiger partial charge in [-0.1, -0.05) is 20.8 Å². The fraction of sp³-hybridized carbons (Fsp3) is 0.560. The number of carbonyl (C=O) groups is 3. The van der Waals surface area contributed by atoms with Crippen LogP contribution in [0.4, 0.5) is 26.3 Å². The monoisotopic (exact) mass is 516 g/mol. The summed E-state index contributed by atoms with van der Waals surface area (Å²) >= 11 is 0. The molecule has 2 fully saturated rings. The van der Waals surface area contributed by atoms with Crippen LogP contribution in [0.5, 0.6) is 0 Å². The second kappa shape index (κ2) is 8.71. The summed E-state index contributed by atoms with van der Waals surface area (Å²) < 4.78 is 81.4. The van der Waals surface area contributed by atoms with Crippen molar-refractivity contribution in [2.24, 2.45) is 5.41 Å². The molecule has 0 saturated carbocycles. The number of ketones is 2. The van der Waals surface area contributed by atoms with Gasteiger partial charge in [0.2, 0.25) is 17.5 Å². The summed E-state index contributed by atoms with van der Waals surface area (Å²) in [7, 11) is 0. The van der Waals surface area contributed by atoms with E-state index < -0.39 is 70.6 Å². The molecular weight excluding hydrogens is 490 g/mol. The normalized spacial score (nSPS) is 22.6. The van der Waals surface area contributed by atoms with Crippen molar-refractivity contribution in [1.82, 2.24) is 9.80 Å². The van der Waals surface area contributed by atoms with Crippen molar-refractivity contribution < 1.29 is 40.7 Å². The molecule has 1 aromatic carbocycles. The largest absolute Gasteiger partial charge is 0.416 e. The van der Waals surface area contributed by atoms with Crippen LogP contribution >= 0.6 is 0 Å². The fourth-order valence-corrected chi connectivity index (χ4v) is 5.20. The zero-order chi connectivity index (χ0) is 26.8. The minimum absolute atomic E-state index is 0.0823. The number of rotatable bonds is 5. The van der Waals surface area contributed by atoms with Crippen molar-refractivity contribution in [2.45, 2.75) is 77.4 Å². The van der Waals surface area contributed by atoms with Crippen LogP contribution in [0.15, 0.2) is 17.8 Å². The summed E-state index contributed by atoms with van der Waals surface area (Å²) in [4.78, 5) is 41.7. The Morgan fingerprint density at radius 1 is 1.00 bits per heavy atom. The number of nitrogens with zero attached hydrogens (tertiary/aromatic N) is 2. The zero-order valence-corrected chi connectivity index (χ0v) is 20.0. The molecule has 1 aromatic rings. The van der Waals surface area contributed by atoms with Crippen molar-refractivity contribution in [1.29, 1.82) is 0 Å². The average Bonchev–Trinajstić information content (AvgIpc) is 2.79. The maximum Gasteiger partial charge on any atom is 0.416 e. The van der Waals surface area contributed by atoms with E-state index in [-0.39, 0.29) is 23.9 Å². The highest BCUT2D eigenvalue weighted by molar-refractivity contribution is 6.39. The van der Waals surface area contributed by atoms with Crippen LogP contribution in [-0.2, 0) is 33.3 Å². The lowest BCUT2D eigenvalue weighted by Gasteiger charge is -2.51. The van der Waals surface area contributed by atoms with E-state index >= 15 is 0 Å². The van der Waals surface area contributed by atoms with E-state index in [0.717, 1.165) is 0 Å². The molecule has 0 aromatic heterocycles. The molecule has 3 heterocycles. The van der Waals surface area contributed by atoms with E-state index in [1.54, 1.807) is 25.7 Å². The van der Waals surface area contributed by atoms with Crippen LogP contribution in [0.3, 0.4) is 0 Å². The van der Waals surface area contributed by atoms with Gasteiger partial charge in [0.05, 0.1) is 36.3 Å². The van der Waals surface area contributed by atoms with Crippen molar-refractivity contribution in [3.63, 3.8) is 0 Å². The molecule has 3 aliphatic heterocycles. The van der Waals surface area contributed by atoms with Gasteiger partial charge in [-0.2, -0.15) is 26.3 Å². The number of benzene rings is 1. The Morgan fingerprint density at radius 3 is 2.22 bits per heavy atom. The molecule has 5 nitrogen and oxygen atoms in total. The Hall–Kier alpha value is -2.69. The highest BCUT2D eigenvalue weighted by Crippen LogP contribution is 2.45. The van der Waals surface area contributed by atoms with Gasteiger partial charge in [-0.3, -0.25) is 19.3 Å². The van der Waals surface area contributed by atoms with Gasteiger partial charge in [-0.05, 0) is 55.0 Å². The minimum Gasteiger partial charge on any atom is -0.309 e. The summed E-state index contributed by atoms with van der Waals surface area (Å²) in [5.41, 5.74) is -4.13. The SMILES string of the molecule is CCC(C)(C)C(=O)C(=O)CN1C2CCCC1C1=Cc3cc(C(F)(F)F)cc(C(F)(F)F)c3CN1C2=O. The summed E-state index contributed by atoms with van der Waals surface area (Å²) in [6, 6.07) is -0.636. The number of piperidine rings is 1. The molecule has 0 N–H and O–H groups in total. The predicted molar refractivity (Wildman–Crippen MR) is 117 cm³/mol. The third-order valence-electron chi connectivity index (χ3n) is 7.57. The number of carbonyl (C=O) groups excluding carboxylic acids is 3. The van der Waals surface area contributed by atoms with Gasteiger partial charge >= 0.3 is 12.4 Å². The van der Waals surface area contributed by atoms with Gasteiger partial charge in [-0.25, -0.2) is 0 Å². The predicted octanol–water partition coefficient (Wildman–Crippen LogP) is 5.22. The number of halogens is 6. The minimum atomic E-state index is -5.05. The fourth-order valence-electron chi connectivity index (χ4n) is 5.20. The van der Waals surface area contributed by atoms with E-state index in [4.69, 9.17) is 0 Å². The van der Waals surface area contributed by atoms with Gasteiger partial charge in [0.15, 0.2) is 0 Å². The maximum absolute atomic E-state index is 13.7. The topological polar surface area (TPSA) is 57.7 Å². The molecule has 1 amide bonds. The molecule has 2 atom stereocenters. The molecule has 2 bridgehead atoms. The van der Waals surface area contributed by atoms with Crippen molar-refractivity contribution in [3.8, 4) is 0 Å². The number of piperazine rings is 1. The number of hydrogen-bond donors (Lipinski definition) is 0. The molecule has 196 valence electrons. The van der Waals surface area contributed by atoms with Crippen LogP contribution < -0.4 is 0 Å². The van der Waals surface area contributed by atoms with Crippen molar-refractivity contribution in [3.05, 3.63) is 40.1 Å². The third kappa shape index (κ3) is 4.46. The number of Topliss-reactive ketones (excluding diaryl/α,β-unsaturated/α-hetero) is 2. The maximum atomic E-state index is 13.7.